The molecule has 1 aromatic rings. The number of carbonyl (C=O) groups is 2. The van der Waals surface area contributed by atoms with Crippen LogP contribution >= 0.6 is 11.8 Å². The van der Waals surface area contributed by atoms with Crippen molar-refractivity contribution in [1.82, 2.24) is 10.2 Å². The average Bonchev–Trinajstić information content (AvgIpc) is 2.87. The average molecular weight is 334 g/mol. The molecule has 3 rings (SSSR count). The minimum Gasteiger partial charge on any atom is -0.492 e. The fraction of sp³-hybridized carbons (Fsp3) is 0.375. The highest BCUT2D eigenvalue weighted by atomic mass is 32.2. The van der Waals surface area contributed by atoms with Crippen molar-refractivity contribution in [2.24, 2.45) is 0 Å². The Hall–Kier alpha value is -1.83. The summed E-state index contributed by atoms with van der Waals surface area (Å²) in [6.07, 6.45) is 1.69. The maximum atomic E-state index is 11.6. The van der Waals surface area contributed by atoms with Crippen LogP contribution < -0.4 is 10.1 Å². The molecule has 0 atom stereocenters. The van der Waals surface area contributed by atoms with Gasteiger partial charge in [-0.3, -0.25) is 19.8 Å². The van der Waals surface area contributed by atoms with E-state index in [9.17, 15) is 9.59 Å². The SMILES string of the molecule is O=C1NC(=O)C(=Cc2ccccc2OCCN2CCOCC2)S1. The summed E-state index contributed by atoms with van der Waals surface area (Å²) >= 11 is 0.908. The third-order valence-corrected chi connectivity index (χ3v) is 4.43. The van der Waals surface area contributed by atoms with Crippen LogP contribution in [0, 0.1) is 0 Å². The molecule has 6 nitrogen and oxygen atoms in total. The Morgan fingerprint density at radius 2 is 2.04 bits per heavy atom. The number of para-hydroxylation sites is 1. The molecule has 0 bridgehead atoms. The minimum absolute atomic E-state index is 0.341. The molecule has 0 unspecified atom stereocenters. The van der Waals surface area contributed by atoms with E-state index < -0.39 is 0 Å². The predicted octanol–water partition coefficient (Wildman–Crippen LogP) is 1.72. The highest BCUT2D eigenvalue weighted by molar-refractivity contribution is 8.18. The van der Waals surface area contributed by atoms with Crippen LogP contribution in [0.25, 0.3) is 6.08 Å². The van der Waals surface area contributed by atoms with Crippen molar-refractivity contribution >= 4 is 29.0 Å². The van der Waals surface area contributed by atoms with E-state index >= 15 is 0 Å². The van der Waals surface area contributed by atoms with Crippen LogP contribution in [0.15, 0.2) is 29.2 Å². The maximum Gasteiger partial charge on any atom is 0.290 e. The highest BCUT2D eigenvalue weighted by Gasteiger charge is 2.25. The molecule has 122 valence electrons. The molecule has 2 saturated heterocycles. The van der Waals surface area contributed by atoms with Crippen LogP contribution in [0.5, 0.6) is 5.75 Å². The number of rotatable bonds is 5. The molecule has 1 N–H and O–H groups in total. The zero-order valence-corrected chi connectivity index (χ0v) is 13.4. The molecule has 1 aromatic carbocycles. The lowest BCUT2D eigenvalue weighted by atomic mass is 10.2. The Morgan fingerprint density at radius 3 is 2.78 bits per heavy atom. The van der Waals surface area contributed by atoms with Crippen molar-refractivity contribution in [3.05, 3.63) is 34.7 Å². The first-order valence-electron chi connectivity index (χ1n) is 7.49. The van der Waals surface area contributed by atoms with Crippen LogP contribution in [-0.2, 0) is 9.53 Å². The smallest absolute Gasteiger partial charge is 0.290 e. The number of carbonyl (C=O) groups excluding carboxylic acids is 2. The van der Waals surface area contributed by atoms with E-state index in [4.69, 9.17) is 9.47 Å². The standard InChI is InChI=1S/C16H18N2O4S/c19-15-14(23-16(20)17-15)11-12-3-1-2-4-13(12)22-10-7-18-5-8-21-9-6-18/h1-4,11H,5-10H2,(H,17,19,20). The number of nitrogens with one attached hydrogen (secondary N) is 1. The summed E-state index contributed by atoms with van der Waals surface area (Å²) in [4.78, 5) is 25.6. The third-order valence-electron chi connectivity index (χ3n) is 3.62. The third kappa shape index (κ3) is 4.34. The number of ether oxygens (including phenoxy) is 2. The second-order valence-electron chi connectivity index (χ2n) is 5.19. The van der Waals surface area contributed by atoms with Crippen molar-refractivity contribution in [3.63, 3.8) is 0 Å². The van der Waals surface area contributed by atoms with Gasteiger partial charge < -0.3 is 9.47 Å². The first kappa shape index (κ1) is 16.0. The lowest BCUT2D eigenvalue weighted by molar-refractivity contribution is -0.115. The van der Waals surface area contributed by atoms with E-state index in [0.717, 1.165) is 50.2 Å². The van der Waals surface area contributed by atoms with Crippen molar-refractivity contribution < 1.29 is 19.1 Å². The topological polar surface area (TPSA) is 67.9 Å². The Balaban J connectivity index is 1.62. The summed E-state index contributed by atoms with van der Waals surface area (Å²) in [6.45, 7) is 4.79. The van der Waals surface area contributed by atoms with Crippen LogP contribution in [0.1, 0.15) is 5.56 Å². The van der Waals surface area contributed by atoms with Gasteiger partial charge in [-0.25, -0.2) is 0 Å². The maximum absolute atomic E-state index is 11.6. The van der Waals surface area contributed by atoms with E-state index in [-0.39, 0.29) is 11.1 Å². The lowest BCUT2D eigenvalue weighted by Crippen LogP contribution is -2.38. The van der Waals surface area contributed by atoms with E-state index in [1.54, 1.807) is 6.08 Å². The van der Waals surface area contributed by atoms with Crippen LogP contribution in [0.3, 0.4) is 0 Å². The zero-order chi connectivity index (χ0) is 16.1. The molecule has 0 spiro atoms. The van der Waals surface area contributed by atoms with Gasteiger partial charge in [0.1, 0.15) is 12.4 Å². The van der Waals surface area contributed by atoms with E-state index in [0.29, 0.717) is 17.3 Å². The Morgan fingerprint density at radius 1 is 1.26 bits per heavy atom. The van der Waals surface area contributed by atoms with Crippen molar-refractivity contribution in [1.29, 1.82) is 0 Å². The second-order valence-corrected chi connectivity index (χ2v) is 6.21. The fourth-order valence-electron chi connectivity index (χ4n) is 2.40. The number of amides is 2. The monoisotopic (exact) mass is 334 g/mol. The molecule has 2 amide bonds. The number of nitrogens with zero attached hydrogens (tertiary/aromatic N) is 1. The normalized spacial score (nSPS) is 20.8. The largest absolute Gasteiger partial charge is 0.492 e. The van der Waals surface area contributed by atoms with E-state index in [1.165, 1.54) is 0 Å². The van der Waals surface area contributed by atoms with Gasteiger partial charge in [0.2, 0.25) is 0 Å². The van der Waals surface area contributed by atoms with Crippen LogP contribution in [-0.4, -0.2) is 55.5 Å². The quantitative estimate of drug-likeness (QED) is 0.827. The van der Waals surface area contributed by atoms with Gasteiger partial charge in [-0.2, -0.15) is 0 Å². The molecular formula is C16H18N2O4S. The lowest BCUT2D eigenvalue weighted by Gasteiger charge is -2.26. The van der Waals surface area contributed by atoms with Gasteiger partial charge in [0.15, 0.2) is 0 Å². The molecule has 0 saturated carbocycles. The minimum atomic E-state index is -0.358. The van der Waals surface area contributed by atoms with Gasteiger partial charge in [-0.1, -0.05) is 18.2 Å². The summed E-state index contributed by atoms with van der Waals surface area (Å²) in [5.74, 6) is 0.351. The molecule has 2 aliphatic rings. The molecule has 0 radical (unpaired) electrons. The Labute approximate surface area is 138 Å². The van der Waals surface area contributed by atoms with Gasteiger partial charge in [-0.15, -0.1) is 0 Å². The number of imide groups is 1. The summed E-state index contributed by atoms with van der Waals surface area (Å²) in [7, 11) is 0. The summed E-state index contributed by atoms with van der Waals surface area (Å²) < 4.78 is 11.2. The van der Waals surface area contributed by atoms with E-state index in [1.807, 2.05) is 24.3 Å². The van der Waals surface area contributed by atoms with Gasteiger partial charge >= 0.3 is 0 Å². The van der Waals surface area contributed by atoms with Gasteiger partial charge in [0.25, 0.3) is 11.1 Å². The predicted molar refractivity (Wildman–Crippen MR) is 88.3 cm³/mol. The first-order valence-corrected chi connectivity index (χ1v) is 8.31. The molecular weight excluding hydrogens is 316 g/mol. The van der Waals surface area contributed by atoms with Gasteiger partial charge in [0.05, 0.1) is 18.1 Å². The van der Waals surface area contributed by atoms with Gasteiger partial charge in [0, 0.05) is 25.2 Å². The van der Waals surface area contributed by atoms with Crippen molar-refractivity contribution in [2.45, 2.75) is 0 Å². The molecule has 2 fully saturated rings. The number of benzene rings is 1. The number of morpholine rings is 1. The molecule has 0 aromatic heterocycles. The summed E-state index contributed by atoms with van der Waals surface area (Å²) in [5.41, 5.74) is 0.793. The Bertz CT molecular complexity index is 626. The zero-order valence-electron chi connectivity index (χ0n) is 12.6. The Kier molecular flexibility index (Phi) is 5.32. The number of hydrogen-bond acceptors (Lipinski definition) is 6. The molecule has 2 aliphatic heterocycles. The second kappa shape index (κ2) is 7.63. The highest BCUT2D eigenvalue weighted by Crippen LogP contribution is 2.28. The van der Waals surface area contributed by atoms with Crippen molar-refractivity contribution in [3.8, 4) is 5.75 Å². The van der Waals surface area contributed by atoms with Gasteiger partial charge in [-0.05, 0) is 23.9 Å². The molecule has 0 aliphatic carbocycles. The summed E-state index contributed by atoms with van der Waals surface area (Å²) in [6, 6.07) is 7.50. The number of hydrogen-bond donors (Lipinski definition) is 1. The molecule has 2 heterocycles. The summed E-state index contributed by atoms with van der Waals surface area (Å²) in [5, 5.41) is 1.91. The van der Waals surface area contributed by atoms with Crippen LogP contribution in [0.4, 0.5) is 4.79 Å². The first-order chi connectivity index (χ1) is 11.2. The molecule has 7 heteroatoms. The van der Waals surface area contributed by atoms with Crippen LogP contribution in [0.2, 0.25) is 0 Å². The number of thioether (sulfide) groups is 1. The van der Waals surface area contributed by atoms with Crippen molar-refractivity contribution in [2.75, 3.05) is 39.5 Å². The molecule has 23 heavy (non-hydrogen) atoms. The fourth-order valence-corrected chi connectivity index (χ4v) is 3.08. The van der Waals surface area contributed by atoms with E-state index in [2.05, 4.69) is 10.2 Å².